The first kappa shape index (κ1) is 15.8. The molecule has 0 fully saturated rings. The maximum atomic E-state index is 13.1. The maximum Gasteiger partial charge on any atom is 0.313 e. The second kappa shape index (κ2) is 6.93. The standard InChI is InChI=1S/C15H11ClFN3O2/c16-11-3-1-2-10(8-11)13(14(15(21)22)19-20-18)9-4-6-12(17)7-5-9/h1-8,13-14H,(H,21,22). The molecule has 5 nitrogen and oxygen atoms in total. The Morgan fingerprint density at radius 3 is 2.45 bits per heavy atom. The molecule has 2 rings (SSSR count). The summed E-state index contributed by atoms with van der Waals surface area (Å²) < 4.78 is 13.1. The lowest BCUT2D eigenvalue weighted by atomic mass is 9.85. The zero-order valence-corrected chi connectivity index (χ0v) is 12.0. The van der Waals surface area contributed by atoms with Gasteiger partial charge in [0, 0.05) is 15.9 Å². The molecule has 22 heavy (non-hydrogen) atoms. The van der Waals surface area contributed by atoms with Gasteiger partial charge < -0.3 is 5.11 Å². The number of carboxylic acids is 1. The third kappa shape index (κ3) is 3.55. The molecule has 0 aromatic heterocycles. The highest BCUT2D eigenvalue weighted by Crippen LogP contribution is 2.32. The second-order valence-corrected chi connectivity index (χ2v) is 5.01. The van der Waals surface area contributed by atoms with Crippen LogP contribution in [0.4, 0.5) is 4.39 Å². The third-order valence-corrected chi connectivity index (χ3v) is 3.42. The first-order valence-corrected chi connectivity index (χ1v) is 6.68. The van der Waals surface area contributed by atoms with E-state index in [0.717, 1.165) is 0 Å². The molecule has 0 bridgehead atoms. The topological polar surface area (TPSA) is 86.1 Å². The first-order chi connectivity index (χ1) is 10.5. The van der Waals surface area contributed by atoms with Crippen molar-refractivity contribution in [3.63, 3.8) is 0 Å². The fourth-order valence-corrected chi connectivity index (χ4v) is 2.44. The molecule has 0 aliphatic carbocycles. The van der Waals surface area contributed by atoms with Gasteiger partial charge in [0.1, 0.15) is 11.9 Å². The van der Waals surface area contributed by atoms with Gasteiger partial charge in [-0.3, -0.25) is 4.79 Å². The Balaban J connectivity index is 2.60. The van der Waals surface area contributed by atoms with Gasteiger partial charge in [-0.25, -0.2) is 4.39 Å². The van der Waals surface area contributed by atoms with E-state index in [4.69, 9.17) is 17.1 Å². The average Bonchev–Trinajstić information content (AvgIpc) is 2.48. The van der Waals surface area contributed by atoms with Gasteiger partial charge >= 0.3 is 5.97 Å². The highest BCUT2D eigenvalue weighted by Gasteiger charge is 2.30. The van der Waals surface area contributed by atoms with Crippen molar-refractivity contribution in [1.82, 2.24) is 0 Å². The lowest BCUT2D eigenvalue weighted by molar-refractivity contribution is -0.138. The van der Waals surface area contributed by atoms with Crippen LogP contribution < -0.4 is 0 Å². The summed E-state index contributed by atoms with van der Waals surface area (Å²) >= 11 is 5.95. The lowest BCUT2D eigenvalue weighted by Crippen LogP contribution is -2.26. The zero-order valence-electron chi connectivity index (χ0n) is 11.2. The molecule has 0 radical (unpaired) electrons. The van der Waals surface area contributed by atoms with Crippen molar-refractivity contribution in [2.45, 2.75) is 12.0 Å². The SMILES string of the molecule is [N-]=[N+]=NC(C(=O)O)C(c1ccc(F)cc1)c1cccc(Cl)c1. The molecule has 0 spiro atoms. The average molecular weight is 320 g/mol. The molecule has 0 aliphatic heterocycles. The molecule has 0 heterocycles. The minimum absolute atomic E-state index is 0.426. The van der Waals surface area contributed by atoms with Crippen LogP contribution >= 0.6 is 11.6 Å². The van der Waals surface area contributed by atoms with Gasteiger partial charge in [-0.05, 0) is 40.9 Å². The summed E-state index contributed by atoms with van der Waals surface area (Å²) in [6.07, 6.45) is 0. The fourth-order valence-electron chi connectivity index (χ4n) is 2.24. The smallest absolute Gasteiger partial charge is 0.313 e. The van der Waals surface area contributed by atoms with Crippen LogP contribution in [0.25, 0.3) is 10.4 Å². The van der Waals surface area contributed by atoms with E-state index in [2.05, 4.69) is 10.0 Å². The number of benzene rings is 2. The van der Waals surface area contributed by atoms with Crippen LogP contribution in [0, 0.1) is 5.82 Å². The van der Waals surface area contributed by atoms with E-state index in [1.165, 1.54) is 24.3 Å². The molecule has 7 heteroatoms. The Bertz CT molecular complexity index is 728. The largest absolute Gasteiger partial charge is 0.481 e. The van der Waals surface area contributed by atoms with E-state index in [-0.39, 0.29) is 0 Å². The van der Waals surface area contributed by atoms with E-state index in [9.17, 15) is 14.3 Å². The van der Waals surface area contributed by atoms with Gasteiger partial charge in [0.25, 0.3) is 0 Å². The summed E-state index contributed by atoms with van der Waals surface area (Å²) in [4.78, 5) is 14.1. The predicted octanol–water partition coefficient (Wildman–Crippen LogP) is 4.37. The molecule has 1 N–H and O–H groups in total. The second-order valence-electron chi connectivity index (χ2n) is 4.57. The van der Waals surface area contributed by atoms with Crippen molar-refractivity contribution in [2.24, 2.45) is 5.11 Å². The van der Waals surface area contributed by atoms with Crippen molar-refractivity contribution in [1.29, 1.82) is 0 Å². The van der Waals surface area contributed by atoms with Crippen molar-refractivity contribution in [2.75, 3.05) is 0 Å². The normalized spacial score (nSPS) is 13.0. The number of carboxylic acid groups (broad SMARTS) is 1. The minimum atomic E-state index is -1.37. The Kier molecular flexibility index (Phi) is 4.99. The zero-order chi connectivity index (χ0) is 16.1. The van der Waals surface area contributed by atoms with Gasteiger partial charge in [-0.15, -0.1) is 0 Å². The van der Waals surface area contributed by atoms with E-state index in [1.54, 1.807) is 24.3 Å². The Hall–Kier alpha value is -2.56. The molecule has 2 unspecified atom stereocenters. The number of aliphatic carboxylic acids is 1. The highest BCUT2D eigenvalue weighted by molar-refractivity contribution is 6.30. The predicted molar refractivity (Wildman–Crippen MR) is 80.3 cm³/mol. The molecule has 2 atom stereocenters. The number of hydrogen-bond donors (Lipinski definition) is 1. The summed E-state index contributed by atoms with van der Waals surface area (Å²) in [7, 11) is 0. The van der Waals surface area contributed by atoms with Gasteiger partial charge in [0.05, 0.1) is 0 Å². The number of hydrogen-bond acceptors (Lipinski definition) is 2. The van der Waals surface area contributed by atoms with Gasteiger partial charge in [-0.2, -0.15) is 0 Å². The molecule has 2 aromatic rings. The first-order valence-electron chi connectivity index (χ1n) is 6.31. The third-order valence-electron chi connectivity index (χ3n) is 3.18. The van der Waals surface area contributed by atoms with Gasteiger partial charge in [-0.1, -0.05) is 41.0 Å². The van der Waals surface area contributed by atoms with Crippen LogP contribution in [-0.4, -0.2) is 17.1 Å². The van der Waals surface area contributed by atoms with Crippen LogP contribution in [0.1, 0.15) is 17.0 Å². The highest BCUT2D eigenvalue weighted by atomic mass is 35.5. The molecular weight excluding hydrogens is 309 g/mol. The summed E-state index contributed by atoms with van der Waals surface area (Å²) in [5.74, 6) is -2.48. The maximum absolute atomic E-state index is 13.1. The Morgan fingerprint density at radius 2 is 1.91 bits per heavy atom. The molecule has 0 aliphatic rings. The number of rotatable bonds is 5. The molecule has 0 amide bonds. The van der Waals surface area contributed by atoms with Crippen LogP contribution in [0.15, 0.2) is 53.6 Å². The van der Waals surface area contributed by atoms with Crippen molar-refractivity contribution in [3.05, 3.63) is 80.9 Å². The summed E-state index contributed by atoms with van der Waals surface area (Å²) in [6, 6.07) is 10.6. The summed E-state index contributed by atoms with van der Waals surface area (Å²) in [5.41, 5.74) is 9.72. The quantitative estimate of drug-likeness (QED) is 0.504. The number of nitrogens with zero attached hydrogens (tertiary/aromatic N) is 3. The monoisotopic (exact) mass is 319 g/mol. The lowest BCUT2D eigenvalue weighted by Gasteiger charge is -2.22. The van der Waals surface area contributed by atoms with Crippen molar-refractivity contribution >= 4 is 17.6 Å². The molecule has 0 saturated carbocycles. The summed E-state index contributed by atoms with van der Waals surface area (Å²) in [6.45, 7) is 0. The van der Waals surface area contributed by atoms with Crippen LogP contribution in [0.3, 0.4) is 0 Å². The molecule has 0 saturated heterocycles. The number of azide groups is 1. The van der Waals surface area contributed by atoms with Crippen molar-refractivity contribution in [3.8, 4) is 0 Å². The minimum Gasteiger partial charge on any atom is -0.481 e. The Morgan fingerprint density at radius 1 is 1.23 bits per heavy atom. The Labute approximate surface area is 130 Å². The molecular formula is C15H11ClFN3O2. The number of carbonyl (C=O) groups is 1. The van der Waals surface area contributed by atoms with E-state index in [0.29, 0.717) is 16.1 Å². The van der Waals surface area contributed by atoms with Crippen LogP contribution in [0.2, 0.25) is 5.02 Å². The van der Waals surface area contributed by atoms with Gasteiger partial charge in [0.15, 0.2) is 0 Å². The van der Waals surface area contributed by atoms with E-state index in [1.807, 2.05) is 0 Å². The van der Waals surface area contributed by atoms with Gasteiger partial charge in [0.2, 0.25) is 0 Å². The molecule has 112 valence electrons. The number of halogens is 2. The van der Waals surface area contributed by atoms with E-state index >= 15 is 0 Å². The summed E-state index contributed by atoms with van der Waals surface area (Å²) in [5, 5.41) is 13.1. The molecule has 2 aromatic carbocycles. The van der Waals surface area contributed by atoms with Crippen molar-refractivity contribution < 1.29 is 14.3 Å². The van der Waals surface area contributed by atoms with Crippen LogP contribution in [-0.2, 0) is 4.79 Å². The van der Waals surface area contributed by atoms with Crippen LogP contribution in [0.5, 0.6) is 0 Å². The fraction of sp³-hybridized carbons (Fsp3) is 0.133. The van der Waals surface area contributed by atoms with E-state index < -0.39 is 23.7 Å².